The van der Waals surface area contributed by atoms with Crippen molar-refractivity contribution in [3.05, 3.63) is 71.8 Å². The molecule has 0 radical (unpaired) electrons. The summed E-state index contributed by atoms with van der Waals surface area (Å²) >= 11 is 0. The Morgan fingerprint density at radius 2 is 2.00 bits per heavy atom. The minimum absolute atomic E-state index is 0.111. The van der Waals surface area contributed by atoms with Crippen LogP contribution in [0.25, 0.3) is 27.8 Å². The second-order valence-electron chi connectivity index (χ2n) is 10.1. The van der Waals surface area contributed by atoms with Gasteiger partial charge in [0.25, 0.3) is 5.56 Å². The molecule has 0 aliphatic carbocycles. The summed E-state index contributed by atoms with van der Waals surface area (Å²) in [5.41, 5.74) is 2.14. The van der Waals surface area contributed by atoms with E-state index in [1.807, 2.05) is 47.3 Å². The minimum Gasteiger partial charge on any atom is -0.474 e. The van der Waals surface area contributed by atoms with Crippen molar-refractivity contribution in [2.24, 2.45) is 0 Å². The number of nitrogens with zero attached hydrogens (tertiary/aromatic N) is 8. The number of hydrogen-bond donors (Lipinski definition) is 1. The van der Waals surface area contributed by atoms with E-state index in [9.17, 15) is 4.79 Å². The number of allylic oxidation sites excluding steroid dienone is 1. The summed E-state index contributed by atoms with van der Waals surface area (Å²) in [6, 6.07) is 11.6. The summed E-state index contributed by atoms with van der Waals surface area (Å²) in [6.07, 6.45) is 8.11. The molecule has 5 heterocycles. The van der Waals surface area contributed by atoms with E-state index in [0.29, 0.717) is 28.7 Å². The van der Waals surface area contributed by atoms with E-state index in [-0.39, 0.29) is 18.2 Å². The number of fused-ring (bicyclic) bond motifs is 2. The zero-order valence-electron chi connectivity index (χ0n) is 22.8. The number of benzene rings is 1. The SMILES string of the molecule is C=CCn1c(=O)c2cnc(Nc3ccc4c(cnn4CCC)c3)nc2n1-c1cccc(OC2CCN(C)CC2)n1. The van der Waals surface area contributed by atoms with Crippen molar-refractivity contribution in [1.82, 2.24) is 39.0 Å². The highest BCUT2D eigenvalue weighted by Gasteiger charge is 2.21. The lowest BCUT2D eigenvalue weighted by molar-refractivity contribution is 0.110. The van der Waals surface area contributed by atoms with E-state index in [2.05, 4.69) is 40.8 Å². The van der Waals surface area contributed by atoms with Crippen molar-refractivity contribution in [1.29, 1.82) is 0 Å². The van der Waals surface area contributed by atoms with Crippen LogP contribution < -0.4 is 15.6 Å². The minimum atomic E-state index is -0.213. The van der Waals surface area contributed by atoms with Crippen LogP contribution in [-0.4, -0.2) is 65.2 Å². The van der Waals surface area contributed by atoms with Gasteiger partial charge < -0.3 is 15.0 Å². The molecule has 206 valence electrons. The predicted molar refractivity (Wildman–Crippen MR) is 156 cm³/mol. The molecule has 11 nitrogen and oxygen atoms in total. The maximum atomic E-state index is 13.3. The fourth-order valence-corrected chi connectivity index (χ4v) is 5.15. The lowest BCUT2D eigenvalue weighted by Gasteiger charge is -2.29. The van der Waals surface area contributed by atoms with Gasteiger partial charge in [-0.25, -0.2) is 14.3 Å². The first-order valence-corrected chi connectivity index (χ1v) is 13.7. The van der Waals surface area contributed by atoms with Gasteiger partial charge in [-0.3, -0.25) is 9.48 Å². The first-order chi connectivity index (χ1) is 19.5. The van der Waals surface area contributed by atoms with Crippen molar-refractivity contribution in [2.45, 2.75) is 45.4 Å². The fourth-order valence-electron chi connectivity index (χ4n) is 5.15. The molecule has 6 rings (SSSR count). The van der Waals surface area contributed by atoms with Crippen LogP contribution in [0.5, 0.6) is 5.88 Å². The number of pyridine rings is 1. The summed E-state index contributed by atoms with van der Waals surface area (Å²) < 4.78 is 11.5. The maximum absolute atomic E-state index is 13.3. The van der Waals surface area contributed by atoms with Crippen LogP contribution in [0.3, 0.4) is 0 Å². The van der Waals surface area contributed by atoms with Gasteiger partial charge in [-0.2, -0.15) is 15.1 Å². The van der Waals surface area contributed by atoms with E-state index in [4.69, 9.17) is 14.7 Å². The van der Waals surface area contributed by atoms with E-state index in [1.165, 1.54) is 0 Å². The molecule has 40 heavy (non-hydrogen) atoms. The van der Waals surface area contributed by atoms with Crippen LogP contribution in [0.2, 0.25) is 0 Å². The molecular formula is C29H33N9O2. The van der Waals surface area contributed by atoms with Gasteiger partial charge in [-0.05, 0) is 50.6 Å². The molecule has 1 N–H and O–H groups in total. The zero-order valence-corrected chi connectivity index (χ0v) is 22.8. The van der Waals surface area contributed by atoms with Gasteiger partial charge in [0.15, 0.2) is 11.5 Å². The summed E-state index contributed by atoms with van der Waals surface area (Å²) in [4.78, 5) is 29.6. The molecule has 1 aromatic carbocycles. The van der Waals surface area contributed by atoms with Crippen LogP contribution in [0.15, 0.2) is 66.2 Å². The molecule has 1 aliphatic rings. The van der Waals surface area contributed by atoms with Crippen LogP contribution in [0.1, 0.15) is 26.2 Å². The third kappa shape index (κ3) is 4.95. The Morgan fingerprint density at radius 1 is 1.15 bits per heavy atom. The molecule has 1 aliphatic heterocycles. The van der Waals surface area contributed by atoms with Crippen LogP contribution in [-0.2, 0) is 13.1 Å². The first-order valence-electron chi connectivity index (χ1n) is 13.7. The Hall–Kier alpha value is -4.51. The highest BCUT2D eigenvalue weighted by molar-refractivity contribution is 5.83. The lowest BCUT2D eigenvalue weighted by Crippen LogP contribution is -2.35. The quantitative estimate of drug-likeness (QED) is 0.279. The van der Waals surface area contributed by atoms with Gasteiger partial charge in [0.1, 0.15) is 11.5 Å². The summed E-state index contributed by atoms with van der Waals surface area (Å²) in [6.45, 7) is 9.11. The molecule has 1 fully saturated rings. The Kier molecular flexibility index (Phi) is 7.04. The van der Waals surface area contributed by atoms with Crippen LogP contribution in [0, 0.1) is 0 Å². The van der Waals surface area contributed by atoms with Gasteiger partial charge in [0, 0.05) is 43.0 Å². The van der Waals surface area contributed by atoms with Gasteiger partial charge in [0.05, 0.1) is 18.3 Å². The monoisotopic (exact) mass is 539 g/mol. The zero-order chi connectivity index (χ0) is 27.6. The maximum Gasteiger partial charge on any atom is 0.278 e. The largest absolute Gasteiger partial charge is 0.474 e. The predicted octanol–water partition coefficient (Wildman–Crippen LogP) is 4.14. The fraction of sp³-hybridized carbons (Fsp3) is 0.345. The Morgan fingerprint density at radius 3 is 2.80 bits per heavy atom. The molecule has 4 aromatic heterocycles. The number of hydrogen-bond acceptors (Lipinski definition) is 8. The van der Waals surface area contributed by atoms with Crippen LogP contribution in [0.4, 0.5) is 11.6 Å². The molecule has 1 saturated heterocycles. The van der Waals surface area contributed by atoms with Crippen molar-refractivity contribution in [3.63, 3.8) is 0 Å². The number of ether oxygens (including phenoxy) is 1. The number of likely N-dealkylation sites (tertiary alicyclic amines) is 1. The first kappa shape index (κ1) is 25.8. The molecule has 5 aromatic rings. The third-order valence-corrected chi connectivity index (χ3v) is 7.19. The molecular weight excluding hydrogens is 506 g/mol. The topological polar surface area (TPSA) is 108 Å². The molecule has 0 saturated carbocycles. The lowest BCUT2D eigenvalue weighted by atomic mass is 10.1. The highest BCUT2D eigenvalue weighted by atomic mass is 16.5. The Balaban J connectivity index is 1.35. The molecule has 0 bridgehead atoms. The Labute approximate surface area is 231 Å². The number of nitrogens with one attached hydrogen (secondary N) is 1. The smallest absolute Gasteiger partial charge is 0.278 e. The van der Waals surface area contributed by atoms with Crippen LogP contribution >= 0.6 is 0 Å². The van der Waals surface area contributed by atoms with Crippen molar-refractivity contribution >= 4 is 33.6 Å². The number of rotatable bonds is 9. The van der Waals surface area contributed by atoms with Gasteiger partial charge in [0.2, 0.25) is 11.8 Å². The number of aromatic nitrogens is 7. The molecule has 11 heteroatoms. The standard InChI is InChI=1S/C29H33N9O2/c1-4-13-36-24-10-9-21(17-20(24)18-31-36)32-29-30-19-23-27(34-29)38(37(14-5-2)28(23)39)25-7-6-8-26(33-25)40-22-11-15-35(3)16-12-22/h5-10,17-19,22H,2,4,11-16H2,1,3H3,(H,30,32,34). The third-order valence-electron chi connectivity index (χ3n) is 7.19. The molecule has 0 unspecified atom stereocenters. The van der Waals surface area contributed by atoms with Crippen molar-refractivity contribution in [3.8, 4) is 11.7 Å². The van der Waals surface area contributed by atoms with Gasteiger partial charge >= 0.3 is 0 Å². The molecule has 0 amide bonds. The normalized spacial score (nSPS) is 14.7. The van der Waals surface area contributed by atoms with E-state index in [1.54, 1.807) is 21.6 Å². The van der Waals surface area contributed by atoms with E-state index in [0.717, 1.165) is 55.5 Å². The summed E-state index contributed by atoms with van der Waals surface area (Å²) in [5, 5.41) is 9.19. The van der Waals surface area contributed by atoms with E-state index < -0.39 is 0 Å². The average molecular weight is 540 g/mol. The highest BCUT2D eigenvalue weighted by Crippen LogP contribution is 2.24. The summed E-state index contributed by atoms with van der Waals surface area (Å²) in [5.74, 6) is 1.43. The Bertz CT molecular complexity index is 1730. The number of piperidine rings is 1. The average Bonchev–Trinajstić information content (AvgIpc) is 3.48. The van der Waals surface area contributed by atoms with Crippen molar-refractivity contribution in [2.75, 3.05) is 25.5 Å². The number of aryl methyl sites for hydroxylation is 1. The second-order valence-corrected chi connectivity index (χ2v) is 10.1. The van der Waals surface area contributed by atoms with Gasteiger partial charge in [-0.1, -0.05) is 19.1 Å². The number of anilines is 2. The second kappa shape index (κ2) is 10.9. The molecule has 0 spiro atoms. The molecule has 0 atom stereocenters. The summed E-state index contributed by atoms with van der Waals surface area (Å²) in [7, 11) is 2.12. The van der Waals surface area contributed by atoms with Crippen molar-refractivity contribution < 1.29 is 4.74 Å². The van der Waals surface area contributed by atoms with E-state index >= 15 is 0 Å². The van der Waals surface area contributed by atoms with Gasteiger partial charge in [-0.15, -0.1) is 6.58 Å².